The van der Waals surface area contributed by atoms with Crippen molar-refractivity contribution in [1.29, 1.82) is 0 Å². The number of para-hydroxylation sites is 2. The molecular weight excluding hydrogens is 393 g/mol. The van der Waals surface area contributed by atoms with Crippen LogP contribution in [0, 0.1) is 0 Å². The topological polar surface area (TPSA) is 36.0 Å². The summed E-state index contributed by atoms with van der Waals surface area (Å²) in [7, 11) is 1.70. The lowest BCUT2D eigenvalue weighted by Crippen LogP contribution is -2.56. The number of carbonyl (C=O) groups excluding carboxylic acids is 1. The third kappa shape index (κ3) is 5.07. The van der Waals surface area contributed by atoms with Gasteiger partial charge in [0, 0.05) is 45.3 Å². The minimum atomic E-state index is -0.687. The van der Waals surface area contributed by atoms with Crippen LogP contribution < -0.4 is 9.64 Å². The van der Waals surface area contributed by atoms with Crippen molar-refractivity contribution in [3.63, 3.8) is 0 Å². The zero-order valence-corrected chi connectivity index (χ0v) is 18.0. The van der Waals surface area contributed by atoms with Crippen molar-refractivity contribution in [3.05, 3.63) is 66.0 Å². The number of likely N-dealkylation sites (tertiary alicyclic amines) is 1. The molecule has 2 aliphatic heterocycles. The fourth-order valence-electron chi connectivity index (χ4n) is 4.56. The molecule has 1 unspecified atom stereocenters. The molecule has 2 heterocycles. The predicted octanol–water partition coefficient (Wildman–Crippen LogP) is 3.82. The summed E-state index contributed by atoms with van der Waals surface area (Å²) in [6.45, 7) is 4.87. The fourth-order valence-corrected chi connectivity index (χ4v) is 4.56. The number of anilines is 1. The molecule has 4 rings (SSSR count). The van der Waals surface area contributed by atoms with E-state index in [2.05, 4.69) is 15.9 Å². The van der Waals surface area contributed by atoms with Crippen LogP contribution in [0.4, 0.5) is 10.1 Å². The number of hydrogen-bond donors (Lipinski definition) is 0. The van der Waals surface area contributed by atoms with E-state index in [-0.39, 0.29) is 6.04 Å². The van der Waals surface area contributed by atoms with E-state index in [0.717, 1.165) is 50.5 Å². The number of nitrogens with zero attached hydrogens (tertiary/aromatic N) is 3. The van der Waals surface area contributed by atoms with Gasteiger partial charge in [-0.05, 0) is 36.6 Å². The molecule has 0 N–H and O–H groups in total. The molecule has 1 atom stereocenters. The summed E-state index contributed by atoms with van der Waals surface area (Å²) in [4.78, 5) is 19.2. The van der Waals surface area contributed by atoms with Crippen molar-refractivity contribution in [2.24, 2.45) is 0 Å². The summed E-state index contributed by atoms with van der Waals surface area (Å²) in [5.74, 6) is -0.292. The Bertz CT molecular complexity index is 910. The highest BCUT2D eigenvalue weighted by Crippen LogP contribution is 2.29. The first kappa shape index (κ1) is 21.4. The highest BCUT2D eigenvalue weighted by molar-refractivity contribution is 5.95. The summed E-state index contributed by atoms with van der Waals surface area (Å²) in [5.41, 5.74) is 1.83. The maximum Gasteiger partial charge on any atom is 0.282 e. The molecule has 2 aromatic carbocycles. The summed E-state index contributed by atoms with van der Waals surface area (Å²) in [5, 5.41) is 0. The van der Waals surface area contributed by atoms with Crippen LogP contribution in [0.1, 0.15) is 18.4 Å². The Kier molecular flexibility index (Phi) is 6.87. The average Bonchev–Trinajstić information content (AvgIpc) is 2.84. The maximum atomic E-state index is 14.6. The van der Waals surface area contributed by atoms with Crippen LogP contribution in [-0.4, -0.2) is 68.1 Å². The largest absolute Gasteiger partial charge is 0.495 e. The molecule has 164 valence electrons. The Hall–Kier alpha value is -2.86. The number of amides is 1. The molecule has 2 aliphatic rings. The lowest BCUT2D eigenvalue weighted by molar-refractivity contribution is -0.130. The fraction of sp³-hybridized carbons (Fsp3) is 0.400. The molecular formula is C25H30FN3O2. The van der Waals surface area contributed by atoms with Crippen LogP contribution >= 0.6 is 0 Å². The van der Waals surface area contributed by atoms with Gasteiger partial charge in [-0.3, -0.25) is 9.69 Å². The number of halogens is 1. The summed E-state index contributed by atoms with van der Waals surface area (Å²) < 4.78 is 20.1. The maximum absolute atomic E-state index is 14.6. The van der Waals surface area contributed by atoms with Gasteiger partial charge in [0.15, 0.2) is 5.83 Å². The molecule has 1 amide bonds. The van der Waals surface area contributed by atoms with E-state index in [9.17, 15) is 9.18 Å². The van der Waals surface area contributed by atoms with Gasteiger partial charge in [0.25, 0.3) is 5.91 Å². The van der Waals surface area contributed by atoms with E-state index in [1.165, 1.54) is 6.08 Å². The van der Waals surface area contributed by atoms with Gasteiger partial charge in [-0.2, -0.15) is 0 Å². The number of rotatable bonds is 5. The van der Waals surface area contributed by atoms with Crippen molar-refractivity contribution >= 4 is 17.7 Å². The van der Waals surface area contributed by atoms with Gasteiger partial charge in [-0.25, -0.2) is 4.39 Å². The zero-order valence-electron chi connectivity index (χ0n) is 18.0. The molecule has 0 radical (unpaired) electrons. The highest BCUT2D eigenvalue weighted by Gasteiger charge is 2.31. The van der Waals surface area contributed by atoms with E-state index in [1.54, 1.807) is 24.1 Å². The lowest BCUT2D eigenvalue weighted by Gasteiger charge is -2.44. The number of methoxy groups -OCH3 is 1. The number of carbonyl (C=O) groups is 1. The smallest absolute Gasteiger partial charge is 0.282 e. The normalized spacial score (nSPS) is 20.6. The van der Waals surface area contributed by atoms with E-state index in [4.69, 9.17) is 4.74 Å². The Morgan fingerprint density at radius 2 is 1.71 bits per heavy atom. The first-order chi connectivity index (χ1) is 15.2. The summed E-state index contributed by atoms with van der Waals surface area (Å²) in [6, 6.07) is 17.5. The van der Waals surface area contributed by atoms with Crippen LogP contribution in [-0.2, 0) is 4.79 Å². The van der Waals surface area contributed by atoms with Crippen LogP contribution in [0.25, 0.3) is 6.08 Å². The predicted molar refractivity (Wildman–Crippen MR) is 122 cm³/mol. The van der Waals surface area contributed by atoms with Crippen LogP contribution in [0.2, 0.25) is 0 Å². The summed E-state index contributed by atoms with van der Waals surface area (Å²) >= 11 is 0. The van der Waals surface area contributed by atoms with Gasteiger partial charge in [0.1, 0.15) is 5.75 Å². The molecule has 0 aliphatic carbocycles. The van der Waals surface area contributed by atoms with E-state index in [0.29, 0.717) is 18.7 Å². The molecule has 2 fully saturated rings. The minimum Gasteiger partial charge on any atom is -0.495 e. The Morgan fingerprint density at radius 1 is 1.00 bits per heavy atom. The van der Waals surface area contributed by atoms with Crippen molar-refractivity contribution in [2.45, 2.75) is 18.9 Å². The van der Waals surface area contributed by atoms with Gasteiger partial charge in [-0.1, -0.05) is 42.5 Å². The molecule has 5 nitrogen and oxygen atoms in total. The second-order valence-corrected chi connectivity index (χ2v) is 8.15. The van der Waals surface area contributed by atoms with E-state index >= 15 is 0 Å². The SMILES string of the molecule is COc1ccccc1N1CCN(C2CCCN(C(=O)/C(F)=C/c3ccccc3)C2)CC1. The van der Waals surface area contributed by atoms with Crippen molar-refractivity contribution in [3.8, 4) is 5.75 Å². The number of benzene rings is 2. The van der Waals surface area contributed by atoms with Gasteiger partial charge >= 0.3 is 0 Å². The quantitative estimate of drug-likeness (QED) is 0.685. The summed E-state index contributed by atoms with van der Waals surface area (Å²) in [6.07, 6.45) is 3.28. The van der Waals surface area contributed by atoms with Gasteiger partial charge < -0.3 is 14.5 Å². The first-order valence-corrected chi connectivity index (χ1v) is 11.0. The molecule has 6 heteroatoms. The van der Waals surface area contributed by atoms with Crippen LogP contribution in [0.3, 0.4) is 0 Å². The standard InChI is InChI=1S/C25H30FN3O2/c1-31-24-12-6-5-11-23(24)28-16-14-27(15-17-28)21-10-7-13-29(19-21)25(30)22(26)18-20-8-3-2-4-9-20/h2-6,8-9,11-12,18,21H,7,10,13-17,19H2,1H3/b22-18-. The van der Waals surface area contributed by atoms with Crippen molar-refractivity contribution in [1.82, 2.24) is 9.80 Å². The third-order valence-corrected chi connectivity index (χ3v) is 6.24. The number of ether oxygens (including phenoxy) is 1. The van der Waals surface area contributed by atoms with Crippen molar-refractivity contribution < 1.29 is 13.9 Å². The molecule has 31 heavy (non-hydrogen) atoms. The van der Waals surface area contributed by atoms with Crippen LogP contribution in [0.5, 0.6) is 5.75 Å². The second-order valence-electron chi connectivity index (χ2n) is 8.15. The molecule has 2 aromatic rings. The first-order valence-electron chi connectivity index (χ1n) is 11.0. The average molecular weight is 424 g/mol. The van der Waals surface area contributed by atoms with Gasteiger partial charge in [0.05, 0.1) is 12.8 Å². The van der Waals surface area contributed by atoms with Gasteiger partial charge in [0.2, 0.25) is 0 Å². The number of piperidine rings is 1. The molecule has 0 spiro atoms. The molecule has 0 bridgehead atoms. The molecule has 2 saturated heterocycles. The zero-order chi connectivity index (χ0) is 21.6. The number of hydrogen-bond acceptors (Lipinski definition) is 4. The van der Waals surface area contributed by atoms with Gasteiger partial charge in [-0.15, -0.1) is 0 Å². The second kappa shape index (κ2) is 9.96. The van der Waals surface area contributed by atoms with Crippen molar-refractivity contribution in [2.75, 3.05) is 51.3 Å². The van der Waals surface area contributed by atoms with E-state index in [1.807, 2.05) is 36.4 Å². The minimum absolute atomic E-state index is 0.280. The Balaban J connectivity index is 1.35. The molecule has 0 saturated carbocycles. The third-order valence-electron chi connectivity index (χ3n) is 6.24. The Morgan fingerprint density at radius 3 is 2.45 bits per heavy atom. The molecule has 0 aromatic heterocycles. The Labute approximate surface area is 183 Å². The van der Waals surface area contributed by atoms with Crippen LogP contribution in [0.15, 0.2) is 60.4 Å². The highest BCUT2D eigenvalue weighted by atomic mass is 19.1. The van der Waals surface area contributed by atoms with E-state index < -0.39 is 11.7 Å². The monoisotopic (exact) mass is 423 g/mol. The number of piperazine rings is 1. The lowest BCUT2D eigenvalue weighted by atomic mass is 10.0.